The lowest BCUT2D eigenvalue weighted by Gasteiger charge is -2.31. The summed E-state index contributed by atoms with van der Waals surface area (Å²) in [7, 11) is 1.28. The third-order valence-electron chi connectivity index (χ3n) is 4.63. The third kappa shape index (κ3) is 6.08. The molecule has 1 amide bonds. The Labute approximate surface area is 186 Å². The van der Waals surface area contributed by atoms with E-state index in [0.29, 0.717) is 28.5 Å². The summed E-state index contributed by atoms with van der Waals surface area (Å²) in [6.07, 6.45) is 0. The predicted molar refractivity (Wildman–Crippen MR) is 115 cm³/mol. The summed E-state index contributed by atoms with van der Waals surface area (Å²) in [6.45, 7) is 5.60. The van der Waals surface area contributed by atoms with Crippen LogP contribution in [0, 0.1) is 0 Å². The Balaban J connectivity index is 2.52. The molecular formula is C22H27ClN2O6. The van der Waals surface area contributed by atoms with E-state index in [1.165, 1.54) is 14.0 Å². The zero-order valence-electron chi connectivity index (χ0n) is 18.0. The molecule has 1 atom stereocenters. The van der Waals surface area contributed by atoms with Crippen molar-refractivity contribution in [2.24, 2.45) is 0 Å². The van der Waals surface area contributed by atoms with E-state index < -0.39 is 17.9 Å². The van der Waals surface area contributed by atoms with Gasteiger partial charge in [-0.25, -0.2) is 9.59 Å². The minimum atomic E-state index is -0.796. The Morgan fingerprint density at radius 1 is 1.16 bits per heavy atom. The number of nitrogens with one attached hydrogen (secondary N) is 2. The van der Waals surface area contributed by atoms with Crippen LogP contribution in [0.15, 0.2) is 46.8 Å². The van der Waals surface area contributed by atoms with E-state index in [2.05, 4.69) is 10.6 Å². The lowest BCUT2D eigenvalue weighted by atomic mass is 9.80. The van der Waals surface area contributed by atoms with Crippen molar-refractivity contribution in [3.8, 4) is 0 Å². The Bertz CT molecular complexity index is 909. The van der Waals surface area contributed by atoms with Gasteiger partial charge in [0.15, 0.2) is 0 Å². The molecule has 31 heavy (non-hydrogen) atoms. The van der Waals surface area contributed by atoms with Crippen molar-refractivity contribution in [2.45, 2.75) is 26.7 Å². The first-order chi connectivity index (χ1) is 14.8. The van der Waals surface area contributed by atoms with Gasteiger partial charge in [0.05, 0.1) is 49.7 Å². The number of carbonyl (C=O) groups is 3. The molecule has 8 nitrogen and oxygen atoms in total. The lowest BCUT2D eigenvalue weighted by Crippen LogP contribution is -2.35. The summed E-state index contributed by atoms with van der Waals surface area (Å²) in [5.41, 5.74) is 2.03. The number of esters is 2. The smallest absolute Gasteiger partial charge is 0.336 e. The second-order valence-corrected chi connectivity index (χ2v) is 7.17. The number of rotatable bonds is 9. The van der Waals surface area contributed by atoms with Gasteiger partial charge in [-0.2, -0.15) is 0 Å². The molecular weight excluding hydrogens is 424 g/mol. The summed E-state index contributed by atoms with van der Waals surface area (Å²) in [5.74, 6) is -2.13. The van der Waals surface area contributed by atoms with Gasteiger partial charge in [0.2, 0.25) is 5.91 Å². The highest BCUT2D eigenvalue weighted by Crippen LogP contribution is 2.41. The van der Waals surface area contributed by atoms with E-state index in [1.54, 1.807) is 38.1 Å². The van der Waals surface area contributed by atoms with Crippen LogP contribution in [0.1, 0.15) is 32.3 Å². The third-order valence-corrected chi connectivity index (χ3v) is 4.97. The van der Waals surface area contributed by atoms with E-state index in [1.807, 2.05) is 0 Å². The number of amides is 1. The molecule has 2 rings (SSSR count). The molecule has 1 aromatic carbocycles. The van der Waals surface area contributed by atoms with Crippen molar-refractivity contribution in [3.05, 3.63) is 57.4 Å². The molecule has 1 aromatic rings. The van der Waals surface area contributed by atoms with E-state index in [0.717, 1.165) is 0 Å². The molecule has 0 aliphatic carbocycles. The van der Waals surface area contributed by atoms with Crippen LogP contribution in [0.2, 0.25) is 5.02 Å². The molecule has 0 bridgehead atoms. The van der Waals surface area contributed by atoms with Crippen molar-refractivity contribution in [3.63, 3.8) is 0 Å². The van der Waals surface area contributed by atoms with Gasteiger partial charge in [0.1, 0.15) is 0 Å². The molecule has 0 fully saturated rings. The number of benzene rings is 1. The van der Waals surface area contributed by atoms with Gasteiger partial charge in [-0.05, 0) is 25.5 Å². The fraction of sp³-hybridized carbons (Fsp3) is 0.409. The number of hydrogen-bond donors (Lipinski definition) is 2. The first-order valence-corrected chi connectivity index (χ1v) is 10.2. The second kappa shape index (κ2) is 11.5. The molecule has 1 aliphatic rings. The van der Waals surface area contributed by atoms with E-state index >= 15 is 0 Å². The highest BCUT2D eigenvalue weighted by atomic mass is 35.5. The standard InChI is InChI=1S/C22H27ClN2O6/c1-5-31-22(28)20-17(12-30-11-10-24-14(3)26)25-13(2)18(21(27)29-4)19(20)15-8-6-7-9-16(15)23/h6-9,19,25H,5,10-12H2,1-4H3,(H,24,26). The van der Waals surface area contributed by atoms with Crippen molar-refractivity contribution in [1.29, 1.82) is 0 Å². The Morgan fingerprint density at radius 3 is 2.48 bits per heavy atom. The molecule has 0 radical (unpaired) electrons. The first kappa shape index (κ1) is 24.4. The van der Waals surface area contributed by atoms with Crippen molar-refractivity contribution >= 4 is 29.4 Å². The zero-order chi connectivity index (χ0) is 23.0. The summed E-state index contributed by atoms with van der Waals surface area (Å²) in [4.78, 5) is 36.7. The van der Waals surface area contributed by atoms with E-state index in [-0.39, 0.29) is 36.9 Å². The average Bonchev–Trinajstić information content (AvgIpc) is 2.72. The quantitative estimate of drug-likeness (QED) is 0.440. The SMILES string of the molecule is CCOC(=O)C1=C(COCCNC(C)=O)NC(C)=C(C(=O)OC)C1c1ccccc1Cl. The number of hydrogen-bond acceptors (Lipinski definition) is 7. The largest absolute Gasteiger partial charge is 0.466 e. The van der Waals surface area contributed by atoms with Gasteiger partial charge in [-0.15, -0.1) is 0 Å². The van der Waals surface area contributed by atoms with Crippen molar-refractivity contribution in [1.82, 2.24) is 10.6 Å². The van der Waals surface area contributed by atoms with Crippen LogP contribution in [0.4, 0.5) is 0 Å². The number of methoxy groups -OCH3 is 1. The van der Waals surface area contributed by atoms with Crippen LogP contribution in [-0.4, -0.2) is 51.3 Å². The fourth-order valence-electron chi connectivity index (χ4n) is 3.33. The highest BCUT2D eigenvalue weighted by molar-refractivity contribution is 6.31. The van der Waals surface area contributed by atoms with E-state index in [4.69, 9.17) is 25.8 Å². The maximum atomic E-state index is 13.0. The molecule has 168 valence electrons. The van der Waals surface area contributed by atoms with Crippen molar-refractivity contribution < 1.29 is 28.6 Å². The minimum absolute atomic E-state index is 0.0421. The summed E-state index contributed by atoms with van der Waals surface area (Å²) in [6, 6.07) is 6.99. The molecule has 1 heterocycles. The minimum Gasteiger partial charge on any atom is -0.466 e. The van der Waals surface area contributed by atoms with Gasteiger partial charge in [-0.3, -0.25) is 4.79 Å². The van der Waals surface area contributed by atoms with E-state index in [9.17, 15) is 14.4 Å². The average molecular weight is 451 g/mol. The zero-order valence-corrected chi connectivity index (χ0v) is 18.8. The van der Waals surface area contributed by atoms with Crippen LogP contribution in [0.5, 0.6) is 0 Å². The maximum absolute atomic E-state index is 13.0. The Kier molecular flexibility index (Phi) is 9.08. The summed E-state index contributed by atoms with van der Waals surface area (Å²) >= 11 is 6.45. The Hall–Kier alpha value is -2.84. The van der Waals surface area contributed by atoms with Crippen molar-refractivity contribution in [2.75, 3.05) is 33.5 Å². The number of ether oxygens (including phenoxy) is 3. The Morgan fingerprint density at radius 2 is 1.87 bits per heavy atom. The predicted octanol–water partition coefficient (Wildman–Crippen LogP) is 2.44. The van der Waals surface area contributed by atoms with Crippen LogP contribution in [0.3, 0.4) is 0 Å². The number of dihydropyridines is 1. The molecule has 0 saturated carbocycles. The van der Waals surface area contributed by atoms with Gasteiger partial charge in [0, 0.05) is 24.2 Å². The molecule has 1 unspecified atom stereocenters. The molecule has 0 aromatic heterocycles. The van der Waals surface area contributed by atoms with Crippen LogP contribution < -0.4 is 10.6 Å². The van der Waals surface area contributed by atoms with Crippen LogP contribution in [-0.2, 0) is 28.6 Å². The molecule has 0 spiro atoms. The fourth-order valence-corrected chi connectivity index (χ4v) is 3.58. The first-order valence-electron chi connectivity index (χ1n) is 9.84. The summed E-state index contributed by atoms with van der Waals surface area (Å²) < 4.78 is 15.9. The van der Waals surface area contributed by atoms with Crippen LogP contribution >= 0.6 is 11.6 Å². The lowest BCUT2D eigenvalue weighted by molar-refractivity contribution is -0.139. The second-order valence-electron chi connectivity index (χ2n) is 6.76. The van der Waals surface area contributed by atoms with Gasteiger partial charge in [0.25, 0.3) is 0 Å². The monoisotopic (exact) mass is 450 g/mol. The number of carbonyl (C=O) groups excluding carboxylic acids is 3. The number of allylic oxidation sites excluding steroid dienone is 1. The van der Waals surface area contributed by atoms with Gasteiger partial charge in [-0.1, -0.05) is 29.8 Å². The topological polar surface area (TPSA) is 103 Å². The van der Waals surface area contributed by atoms with Gasteiger partial charge >= 0.3 is 11.9 Å². The number of halogens is 1. The van der Waals surface area contributed by atoms with Gasteiger partial charge < -0.3 is 24.8 Å². The maximum Gasteiger partial charge on any atom is 0.336 e. The van der Waals surface area contributed by atoms with Crippen LogP contribution in [0.25, 0.3) is 0 Å². The molecule has 0 saturated heterocycles. The molecule has 1 aliphatic heterocycles. The highest BCUT2D eigenvalue weighted by Gasteiger charge is 2.39. The molecule has 2 N–H and O–H groups in total. The molecule has 9 heteroatoms. The summed E-state index contributed by atoms with van der Waals surface area (Å²) in [5, 5.41) is 6.13. The normalized spacial score (nSPS) is 16.0.